The molecule has 2 aromatic rings. The van der Waals surface area contributed by atoms with Gasteiger partial charge in [-0.1, -0.05) is 0 Å². The normalized spacial score (nSPS) is 18.5. The highest BCUT2D eigenvalue weighted by Crippen LogP contribution is 2.47. The molecular weight excluding hydrogens is 519 g/mol. The van der Waals surface area contributed by atoms with Crippen molar-refractivity contribution < 1.29 is 55.3 Å². The number of aryl methyl sites for hydroxylation is 1. The minimum absolute atomic E-state index is 0.139. The van der Waals surface area contributed by atoms with Crippen LogP contribution in [0.2, 0.25) is 0 Å². The fourth-order valence-corrected chi connectivity index (χ4v) is 3.58. The Morgan fingerprint density at radius 3 is 2.22 bits per heavy atom. The molecule has 0 bridgehead atoms. The third kappa shape index (κ3) is 5.61. The molecule has 2 atom stereocenters. The van der Waals surface area contributed by atoms with Crippen LogP contribution in [0, 0.1) is 12.7 Å². The summed E-state index contributed by atoms with van der Waals surface area (Å²) in [6, 6.07) is 0.990. The molecule has 2 heterocycles. The van der Waals surface area contributed by atoms with E-state index < -0.39 is 77.5 Å². The zero-order valence-corrected chi connectivity index (χ0v) is 19.4. The first kappa shape index (κ1) is 28.1. The Kier molecular flexibility index (Phi) is 7.43. The quantitative estimate of drug-likeness (QED) is 0.569. The lowest BCUT2D eigenvalue weighted by atomic mass is 10.1. The van der Waals surface area contributed by atoms with Gasteiger partial charge in [0.15, 0.2) is 11.9 Å². The average molecular weight is 539 g/mol. The van der Waals surface area contributed by atoms with Crippen molar-refractivity contribution in [2.24, 2.45) is 0 Å². The van der Waals surface area contributed by atoms with Crippen molar-refractivity contribution in [3.63, 3.8) is 0 Å². The van der Waals surface area contributed by atoms with E-state index >= 15 is 0 Å². The molecular formula is C22H20F7N3O5. The van der Waals surface area contributed by atoms with E-state index in [4.69, 9.17) is 4.74 Å². The average Bonchev–Trinajstić information content (AvgIpc) is 3.01. The Morgan fingerprint density at radius 2 is 1.76 bits per heavy atom. The van der Waals surface area contributed by atoms with Crippen LogP contribution in [-0.4, -0.2) is 52.0 Å². The van der Waals surface area contributed by atoms with Gasteiger partial charge in [-0.3, -0.25) is 9.69 Å². The highest BCUT2D eigenvalue weighted by molar-refractivity contribution is 6.01. The number of aliphatic hydroxyl groups is 2. The topological polar surface area (TPSA) is 103 Å². The standard InChI is InChI=1S/C22H20F7N3O5/c1-9(2)32(16-5-4-13(23)10(3)30-16)20(36)37-18-12(22(27,28)29)6-11(21(24,25)26)7-14(18)31-8-15(33)17(34)19(31)35/h4-7,9,15,17,33-34H,8H2,1-3H3/t15-,17-/m0/s1. The second-order valence-corrected chi connectivity index (χ2v) is 8.40. The Morgan fingerprint density at radius 1 is 1.14 bits per heavy atom. The molecule has 1 saturated heterocycles. The van der Waals surface area contributed by atoms with Gasteiger partial charge < -0.3 is 19.8 Å². The Bertz CT molecular complexity index is 1220. The molecule has 1 fully saturated rings. The second-order valence-electron chi connectivity index (χ2n) is 8.40. The van der Waals surface area contributed by atoms with Crippen LogP contribution >= 0.6 is 0 Å². The summed E-state index contributed by atoms with van der Waals surface area (Å²) in [5.41, 5.74) is -5.17. The highest BCUT2D eigenvalue weighted by atomic mass is 19.4. The summed E-state index contributed by atoms with van der Waals surface area (Å²) in [6.07, 6.45) is -16.3. The number of β-amino-alcohol motifs (C(OH)–C–C–N with tert-alkyl or cyclic N) is 1. The zero-order valence-electron chi connectivity index (χ0n) is 19.4. The van der Waals surface area contributed by atoms with Crippen LogP contribution in [0.3, 0.4) is 0 Å². The van der Waals surface area contributed by atoms with Gasteiger partial charge in [-0.25, -0.2) is 14.2 Å². The van der Waals surface area contributed by atoms with Crippen molar-refractivity contribution in [1.82, 2.24) is 4.98 Å². The first-order chi connectivity index (χ1) is 16.9. The third-order valence-electron chi connectivity index (χ3n) is 5.40. The predicted octanol–water partition coefficient (Wildman–Crippen LogP) is 4.05. The molecule has 0 spiro atoms. The molecule has 0 saturated carbocycles. The number of hydrogen-bond donors (Lipinski definition) is 2. The lowest BCUT2D eigenvalue weighted by Crippen LogP contribution is -2.40. The molecule has 8 nitrogen and oxygen atoms in total. The molecule has 0 aliphatic carbocycles. The summed E-state index contributed by atoms with van der Waals surface area (Å²) in [5, 5.41) is 19.5. The van der Waals surface area contributed by atoms with Gasteiger partial charge in [0.25, 0.3) is 5.91 Å². The summed E-state index contributed by atoms with van der Waals surface area (Å²) in [5.74, 6) is -3.85. The molecule has 0 unspecified atom stereocenters. The van der Waals surface area contributed by atoms with E-state index in [1.165, 1.54) is 20.8 Å². The monoisotopic (exact) mass is 539 g/mol. The maximum absolute atomic E-state index is 13.9. The van der Waals surface area contributed by atoms with Crippen molar-refractivity contribution >= 4 is 23.5 Å². The third-order valence-corrected chi connectivity index (χ3v) is 5.40. The lowest BCUT2D eigenvalue weighted by Gasteiger charge is -2.28. The van der Waals surface area contributed by atoms with Crippen molar-refractivity contribution in [1.29, 1.82) is 0 Å². The second kappa shape index (κ2) is 9.78. The maximum atomic E-state index is 13.9. The zero-order chi connectivity index (χ0) is 28.0. The first-order valence-corrected chi connectivity index (χ1v) is 10.6. The highest BCUT2D eigenvalue weighted by Gasteiger charge is 2.46. The van der Waals surface area contributed by atoms with Gasteiger partial charge in [-0.15, -0.1) is 0 Å². The first-order valence-electron chi connectivity index (χ1n) is 10.6. The summed E-state index contributed by atoms with van der Waals surface area (Å²) < 4.78 is 101. The van der Waals surface area contributed by atoms with E-state index in [1.807, 2.05) is 0 Å². The number of ether oxygens (including phenoxy) is 1. The number of hydrogen-bond acceptors (Lipinski definition) is 6. The van der Waals surface area contributed by atoms with Gasteiger partial charge in [0, 0.05) is 6.04 Å². The number of benzene rings is 1. The van der Waals surface area contributed by atoms with Crippen LogP contribution in [0.1, 0.15) is 30.7 Å². The molecule has 37 heavy (non-hydrogen) atoms. The number of alkyl halides is 6. The minimum atomic E-state index is -5.50. The Hall–Kier alpha value is -3.46. The largest absolute Gasteiger partial charge is 0.421 e. The SMILES string of the molecule is Cc1nc(N(C(=O)Oc2c(N3C[C@H](O)[C@H](O)C3=O)cc(C(F)(F)F)cc2C(F)(F)F)C(C)C)ccc1F. The van der Waals surface area contributed by atoms with Gasteiger partial charge >= 0.3 is 18.4 Å². The molecule has 202 valence electrons. The van der Waals surface area contributed by atoms with E-state index in [1.54, 1.807) is 0 Å². The molecule has 2 amide bonds. The van der Waals surface area contributed by atoms with E-state index in [2.05, 4.69) is 4.98 Å². The van der Waals surface area contributed by atoms with Crippen molar-refractivity contribution in [2.75, 3.05) is 16.3 Å². The fourth-order valence-electron chi connectivity index (χ4n) is 3.58. The van der Waals surface area contributed by atoms with Crippen molar-refractivity contribution in [3.8, 4) is 5.75 Å². The number of carbonyl (C=O) groups excluding carboxylic acids is 2. The molecule has 1 aliphatic rings. The van der Waals surface area contributed by atoms with Crippen LogP contribution in [0.5, 0.6) is 5.75 Å². The van der Waals surface area contributed by atoms with Gasteiger partial charge in [0.2, 0.25) is 0 Å². The molecule has 1 aromatic carbocycles. The fraction of sp³-hybridized carbons (Fsp3) is 0.409. The van der Waals surface area contributed by atoms with Gasteiger partial charge in [-0.2, -0.15) is 26.3 Å². The molecule has 0 radical (unpaired) electrons. The van der Waals surface area contributed by atoms with Gasteiger partial charge in [0.1, 0.15) is 23.3 Å². The Labute approximate surface area is 204 Å². The minimum Gasteiger partial charge on any atom is -0.407 e. The number of rotatable bonds is 4. The number of amides is 2. The summed E-state index contributed by atoms with van der Waals surface area (Å²) in [4.78, 5) is 30.3. The molecule has 15 heteroatoms. The van der Waals surface area contributed by atoms with Crippen molar-refractivity contribution in [2.45, 2.75) is 51.4 Å². The van der Waals surface area contributed by atoms with Crippen LogP contribution in [0.4, 0.5) is 47.0 Å². The predicted molar refractivity (Wildman–Crippen MR) is 113 cm³/mol. The van der Waals surface area contributed by atoms with Crippen LogP contribution in [0.25, 0.3) is 0 Å². The summed E-state index contributed by atoms with van der Waals surface area (Å²) in [6.45, 7) is 3.21. The van der Waals surface area contributed by atoms with Crippen LogP contribution in [-0.2, 0) is 17.1 Å². The van der Waals surface area contributed by atoms with E-state index in [0.717, 1.165) is 17.0 Å². The summed E-state index contributed by atoms with van der Waals surface area (Å²) in [7, 11) is 0. The van der Waals surface area contributed by atoms with E-state index in [9.17, 15) is 50.5 Å². The smallest absolute Gasteiger partial charge is 0.407 e. The van der Waals surface area contributed by atoms with Gasteiger partial charge in [-0.05, 0) is 45.0 Å². The van der Waals surface area contributed by atoms with E-state index in [-0.39, 0.29) is 28.5 Å². The molecule has 3 rings (SSSR count). The lowest BCUT2D eigenvalue weighted by molar-refractivity contribution is -0.143. The molecule has 1 aromatic heterocycles. The number of aliphatic hydroxyl groups excluding tert-OH is 2. The summed E-state index contributed by atoms with van der Waals surface area (Å²) >= 11 is 0. The van der Waals surface area contributed by atoms with Crippen molar-refractivity contribution in [3.05, 3.63) is 46.9 Å². The maximum Gasteiger partial charge on any atom is 0.421 e. The molecule has 1 aliphatic heterocycles. The number of nitrogens with zero attached hydrogens (tertiary/aromatic N) is 3. The number of halogens is 7. The number of carbonyl (C=O) groups is 2. The molecule has 2 N–H and O–H groups in total. The number of pyridine rings is 1. The Balaban J connectivity index is 2.22. The van der Waals surface area contributed by atoms with Gasteiger partial charge in [0.05, 0.1) is 23.5 Å². The number of aromatic nitrogens is 1. The van der Waals surface area contributed by atoms with Crippen LogP contribution < -0.4 is 14.5 Å². The number of anilines is 2. The van der Waals surface area contributed by atoms with E-state index in [0.29, 0.717) is 0 Å². The van der Waals surface area contributed by atoms with Crippen LogP contribution in [0.15, 0.2) is 24.3 Å².